The van der Waals surface area contributed by atoms with Gasteiger partial charge in [-0.15, -0.1) is 10.2 Å². The van der Waals surface area contributed by atoms with Gasteiger partial charge in [0, 0.05) is 62.7 Å². The summed E-state index contributed by atoms with van der Waals surface area (Å²) in [6.45, 7) is 3.20. The summed E-state index contributed by atoms with van der Waals surface area (Å²) in [6, 6.07) is 14.1. The number of rotatable bonds is 13. The predicted molar refractivity (Wildman–Crippen MR) is 216 cm³/mol. The maximum atomic E-state index is 13.8. The van der Waals surface area contributed by atoms with Crippen LogP contribution in [0.5, 0.6) is 11.5 Å². The monoisotopic (exact) mass is 857 g/mol. The van der Waals surface area contributed by atoms with Gasteiger partial charge in [-0.25, -0.2) is 8.78 Å². The number of nitriles is 1. The van der Waals surface area contributed by atoms with Crippen LogP contribution in [0, 0.1) is 11.3 Å². The number of nitrogens with zero attached hydrogens (tertiary/aromatic N) is 7. The largest absolute Gasteiger partial charge is 0.493 e. The summed E-state index contributed by atoms with van der Waals surface area (Å²) < 4.78 is 40.8. The van der Waals surface area contributed by atoms with Crippen LogP contribution in [0.1, 0.15) is 81.8 Å². The van der Waals surface area contributed by atoms with E-state index in [0.717, 1.165) is 54.8 Å². The number of aromatic nitrogens is 3. The first-order valence-electron chi connectivity index (χ1n) is 20.2. The van der Waals surface area contributed by atoms with E-state index in [4.69, 9.17) is 26.3 Å². The highest BCUT2D eigenvalue weighted by Crippen LogP contribution is 2.37. The number of carbonyl (C=O) groups is 5. The van der Waals surface area contributed by atoms with Gasteiger partial charge in [0.05, 0.1) is 40.9 Å². The lowest BCUT2D eigenvalue weighted by molar-refractivity contribution is -0.136. The van der Waals surface area contributed by atoms with Crippen molar-refractivity contribution >= 4 is 57.9 Å². The predicted octanol–water partition coefficient (Wildman–Crippen LogP) is 4.33. The molecule has 2 saturated heterocycles. The molecule has 2 aromatic heterocycles. The fourth-order valence-electron chi connectivity index (χ4n) is 8.45. The zero-order valence-electron chi connectivity index (χ0n) is 32.9. The van der Waals surface area contributed by atoms with Crippen molar-refractivity contribution in [3.05, 3.63) is 76.1 Å². The molecule has 318 valence electrons. The Morgan fingerprint density at radius 1 is 0.951 bits per heavy atom. The average Bonchev–Trinajstić information content (AvgIpc) is 3.70. The molecule has 0 bridgehead atoms. The van der Waals surface area contributed by atoms with E-state index in [0.29, 0.717) is 59.4 Å². The summed E-state index contributed by atoms with van der Waals surface area (Å²) >= 11 is 6.13. The van der Waals surface area contributed by atoms with Crippen LogP contribution in [0.15, 0.2) is 48.5 Å². The Balaban J connectivity index is 0.781. The van der Waals surface area contributed by atoms with Crippen LogP contribution in [0.2, 0.25) is 5.02 Å². The molecule has 4 aromatic rings. The molecule has 1 atom stereocenters. The van der Waals surface area contributed by atoms with Crippen molar-refractivity contribution < 1.29 is 42.2 Å². The summed E-state index contributed by atoms with van der Waals surface area (Å²) in [6.07, 6.45) is 0.759. The van der Waals surface area contributed by atoms with Gasteiger partial charge in [0.2, 0.25) is 11.8 Å². The maximum Gasteiger partial charge on any atom is 0.278 e. The minimum atomic E-state index is -2.83. The second-order valence-electron chi connectivity index (χ2n) is 15.5. The molecule has 0 radical (unpaired) electrons. The summed E-state index contributed by atoms with van der Waals surface area (Å²) in [4.78, 5) is 69.4. The molecule has 19 heteroatoms. The van der Waals surface area contributed by atoms with Crippen LogP contribution >= 0.6 is 11.6 Å². The zero-order chi connectivity index (χ0) is 42.8. The molecule has 5 heterocycles. The van der Waals surface area contributed by atoms with Crippen LogP contribution in [-0.2, 0) is 16.1 Å². The maximum absolute atomic E-state index is 13.8. The van der Waals surface area contributed by atoms with Gasteiger partial charge in [-0.2, -0.15) is 5.26 Å². The van der Waals surface area contributed by atoms with Gasteiger partial charge in [-0.05, 0) is 74.9 Å². The highest BCUT2D eigenvalue weighted by Gasteiger charge is 2.48. The molecule has 2 N–H and O–H groups in total. The number of hydrogen-bond acceptors (Lipinski definition) is 12. The Hall–Kier alpha value is -6.19. The van der Waals surface area contributed by atoms with Crippen LogP contribution in [-0.4, -0.2) is 118 Å². The second-order valence-corrected chi connectivity index (χ2v) is 15.9. The Kier molecular flexibility index (Phi) is 12.1. The normalized spacial score (nSPS) is 20.8. The standard InChI is InChI=1S/C42H42ClF2N9O7/c43-30-20-28(5-2-24(30)22-46)61-26-6-3-25(4-7-26)47-39(56)31-10-12-35(50-49-31)52-17-15-51(16-18-52)14-1-19-60-27-8-9-29-33(21-27)53(23-34(44)45)38-37(29)41(58)54(42(38)59)32-11-13-36(55)48-40(32)57/h2,5,8-10,12,20-21,25-26,32,34H,1,3-4,6-7,11,13-19,23H2,(H,47,56)(H,48,55,57). The van der Waals surface area contributed by atoms with Crippen molar-refractivity contribution in [1.29, 1.82) is 5.26 Å². The molecule has 5 amide bonds. The topological polar surface area (TPSA) is 192 Å². The van der Waals surface area contributed by atoms with E-state index in [1.54, 1.807) is 42.5 Å². The molecular formula is C42H42ClF2N9O7. The number of fused-ring (bicyclic) bond motifs is 3. The number of alkyl halides is 2. The van der Waals surface area contributed by atoms with Gasteiger partial charge < -0.3 is 24.3 Å². The summed E-state index contributed by atoms with van der Waals surface area (Å²) in [7, 11) is 0. The fraction of sp³-hybridized carbons (Fsp3) is 0.429. The average molecular weight is 858 g/mol. The molecule has 8 rings (SSSR count). The van der Waals surface area contributed by atoms with Crippen molar-refractivity contribution in [2.75, 3.05) is 44.2 Å². The first kappa shape index (κ1) is 41.5. The molecule has 4 aliphatic rings. The molecule has 61 heavy (non-hydrogen) atoms. The Bertz CT molecular complexity index is 2410. The number of halogens is 3. The third-order valence-electron chi connectivity index (χ3n) is 11.6. The highest BCUT2D eigenvalue weighted by atomic mass is 35.5. The molecule has 1 unspecified atom stereocenters. The number of hydrogen-bond donors (Lipinski definition) is 2. The second kappa shape index (κ2) is 17.8. The van der Waals surface area contributed by atoms with Gasteiger partial charge in [0.25, 0.3) is 24.1 Å². The van der Waals surface area contributed by atoms with Crippen molar-refractivity contribution in [3.63, 3.8) is 0 Å². The number of ether oxygens (including phenoxy) is 2. The van der Waals surface area contributed by atoms with E-state index < -0.39 is 42.6 Å². The minimum absolute atomic E-state index is 0.00714. The number of benzene rings is 2. The smallest absolute Gasteiger partial charge is 0.278 e. The quantitative estimate of drug-likeness (QED) is 0.143. The molecule has 16 nitrogen and oxygen atoms in total. The van der Waals surface area contributed by atoms with Crippen LogP contribution in [0.3, 0.4) is 0 Å². The van der Waals surface area contributed by atoms with E-state index in [2.05, 4.69) is 30.6 Å². The van der Waals surface area contributed by atoms with Gasteiger partial charge in [-0.3, -0.25) is 39.1 Å². The summed E-state index contributed by atoms with van der Waals surface area (Å²) in [5, 5.41) is 23.5. The molecule has 3 fully saturated rings. The molecule has 1 aliphatic carbocycles. The first-order valence-corrected chi connectivity index (χ1v) is 20.6. The SMILES string of the molecule is N#Cc1ccc(OC2CCC(NC(=O)c3ccc(N4CCN(CCCOc5ccc6c7c(n(CC(F)F)c6c5)C(=O)N(C5CCC(=O)NC5=O)C7=O)CC4)nn3)CC2)cc1Cl. The van der Waals surface area contributed by atoms with E-state index in [-0.39, 0.29) is 53.4 Å². The molecule has 1 saturated carbocycles. The minimum Gasteiger partial charge on any atom is -0.493 e. The number of piperidine rings is 1. The lowest BCUT2D eigenvalue weighted by Gasteiger charge is -2.35. The van der Waals surface area contributed by atoms with E-state index in [1.807, 2.05) is 12.1 Å². The van der Waals surface area contributed by atoms with Gasteiger partial charge in [-0.1, -0.05) is 11.6 Å². The zero-order valence-corrected chi connectivity index (χ0v) is 33.7. The summed E-state index contributed by atoms with van der Waals surface area (Å²) in [5.41, 5.74) is 0.635. The third-order valence-corrected chi connectivity index (χ3v) is 11.9. The number of piperazine rings is 1. The summed E-state index contributed by atoms with van der Waals surface area (Å²) in [5.74, 6) is -1.48. The van der Waals surface area contributed by atoms with Gasteiger partial charge in [0.1, 0.15) is 29.3 Å². The van der Waals surface area contributed by atoms with E-state index in [1.165, 1.54) is 0 Å². The first-order chi connectivity index (χ1) is 29.5. The van der Waals surface area contributed by atoms with E-state index in [9.17, 15) is 32.8 Å². The highest BCUT2D eigenvalue weighted by molar-refractivity contribution is 6.32. The number of amides is 5. The Morgan fingerprint density at radius 2 is 1.72 bits per heavy atom. The lowest BCUT2D eigenvalue weighted by atomic mass is 9.93. The third kappa shape index (κ3) is 8.84. The fourth-order valence-corrected chi connectivity index (χ4v) is 8.67. The number of anilines is 1. The molecule has 2 aromatic carbocycles. The Labute approximate surface area is 353 Å². The van der Waals surface area contributed by atoms with Crippen molar-refractivity contribution in [1.82, 2.24) is 35.2 Å². The van der Waals surface area contributed by atoms with Crippen LogP contribution < -0.4 is 25.0 Å². The molecule has 3 aliphatic heterocycles. The van der Waals surface area contributed by atoms with Crippen molar-refractivity contribution in [2.45, 2.75) is 76.1 Å². The lowest BCUT2D eigenvalue weighted by Crippen LogP contribution is -2.54. The van der Waals surface area contributed by atoms with Gasteiger partial charge in [0.15, 0.2) is 11.5 Å². The van der Waals surface area contributed by atoms with Crippen molar-refractivity contribution in [2.24, 2.45) is 0 Å². The number of nitrogens with one attached hydrogen (secondary N) is 2. The Morgan fingerprint density at radius 3 is 2.41 bits per heavy atom. The van der Waals surface area contributed by atoms with E-state index >= 15 is 0 Å². The van der Waals surface area contributed by atoms with Crippen LogP contribution in [0.4, 0.5) is 14.6 Å². The number of carbonyl (C=O) groups excluding carboxylic acids is 5. The molecule has 0 spiro atoms. The van der Waals surface area contributed by atoms with Crippen LogP contribution in [0.25, 0.3) is 10.9 Å². The number of imide groups is 2. The molecular weight excluding hydrogens is 816 g/mol. The van der Waals surface area contributed by atoms with Crippen molar-refractivity contribution in [3.8, 4) is 17.6 Å². The van der Waals surface area contributed by atoms with Gasteiger partial charge >= 0.3 is 0 Å².